The summed E-state index contributed by atoms with van der Waals surface area (Å²) in [5, 5.41) is 0. The SMILES string of the molecule is CC1(C)OCc2cc([C@@H]3CN(CCCCCCOCCOCc4cccc(-c5ccccc5S(=O)(=O)NC(=O)OC5CC5)c4)C(=O)O3)ccc2O1. The third kappa shape index (κ3) is 10.2. The lowest BCUT2D eigenvalue weighted by atomic mass is 10.0. The van der Waals surface area contributed by atoms with Crippen molar-refractivity contribution in [2.75, 3.05) is 32.9 Å². The van der Waals surface area contributed by atoms with Gasteiger partial charge in [-0.3, -0.25) is 0 Å². The Bertz CT molecular complexity index is 1790. The molecule has 0 aromatic heterocycles. The van der Waals surface area contributed by atoms with E-state index < -0.39 is 21.9 Å². The molecule has 0 bridgehead atoms. The van der Waals surface area contributed by atoms with Crippen LogP contribution in [0.5, 0.6) is 5.75 Å². The van der Waals surface area contributed by atoms with Gasteiger partial charge in [0.15, 0.2) is 0 Å². The Balaban J connectivity index is 0.842. The highest BCUT2D eigenvalue weighted by atomic mass is 32.2. The molecule has 2 amide bonds. The Morgan fingerprint density at radius 1 is 0.941 bits per heavy atom. The van der Waals surface area contributed by atoms with E-state index in [1.165, 1.54) is 6.07 Å². The van der Waals surface area contributed by atoms with Gasteiger partial charge in [-0.1, -0.05) is 55.3 Å². The third-order valence-corrected chi connectivity index (χ3v) is 10.2. The molecule has 0 unspecified atom stereocenters. The first-order chi connectivity index (χ1) is 24.6. The van der Waals surface area contributed by atoms with Crippen LogP contribution in [0.25, 0.3) is 11.1 Å². The molecule has 2 heterocycles. The number of nitrogens with zero attached hydrogens (tertiary/aromatic N) is 1. The molecule has 13 heteroatoms. The highest BCUT2D eigenvalue weighted by Gasteiger charge is 2.34. The second-order valence-electron chi connectivity index (χ2n) is 13.5. The van der Waals surface area contributed by atoms with Crippen LogP contribution in [0.15, 0.2) is 71.6 Å². The molecule has 0 spiro atoms. The molecule has 1 N–H and O–H groups in total. The molecule has 3 aromatic rings. The van der Waals surface area contributed by atoms with Crippen LogP contribution in [0, 0.1) is 0 Å². The summed E-state index contributed by atoms with van der Waals surface area (Å²) in [6.45, 7) is 7.26. The van der Waals surface area contributed by atoms with Crippen molar-refractivity contribution in [2.24, 2.45) is 0 Å². The van der Waals surface area contributed by atoms with E-state index in [0.717, 1.165) is 61.0 Å². The van der Waals surface area contributed by atoms with E-state index in [1.807, 2.05) is 61.0 Å². The molecular weight excluding hydrogens is 676 g/mol. The molecule has 274 valence electrons. The zero-order valence-electron chi connectivity index (χ0n) is 29.1. The molecule has 0 radical (unpaired) electrons. The van der Waals surface area contributed by atoms with E-state index in [0.29, 0.717) is 57.3 Å². The van der Waals surface area contributed by atoms with Crippen molar-refractivity contribution < 1.29 is 46.4 Å². The molecule has 1 aliphatic carbocycles. The lowest BCUT2D eigenvalue weighted by molar-refractivity contribution is -0.180. The number of benzene rings is 3. The van der Waals surface area contributed by atoms with Crippen LogP contribution < -0.4 is 9.46 Å². The number of unbranched alkanes of at least 4 members (excludes halogenated alkanes) is 3. The molecular formula is C38H46N2O10S. The Labute approximate surface area is 299 Å². The molecule has 3 aliphatic rings. The van der Waals surface area contributed by atoms with Gasteiger partial charge in [0.05, 0.1) is 37.9 Å². The van der Waals surface area contributed by atoms with Crippen LogP contribution >= 0.6 is 0 Å². The van der Waals surface area contributed by atoms with E-state index in [9.17, 15) is 18.0 Å². The Hall–Kier alpha value is -4.17. The monoisotopic (exact) mass is 722 g/mol. The molecule has 1 saturated carbocycles. The zero-order chi connectivity index (χ0) is 35.8. The standard InChI is InChI=1S/C38H46N2O10S/c1-38(2)47-26-30-23-29(14-17-33(30)50-38)34-24-40(37(42)49-34)18-7-3-4-8-19-45-20-21-46-25-27-10-9-11-28(22-27)32-12-5-6-13-35(32)51(43,44)39-36(41)48-31-15-16-31/h5-6,9-14,17,22-23,31,34H,3-4,7-8,15-16,18-21,24-26H2,1-2H3,(H,39,41)/t34-/m0/s1. The maximum atomic E-state index is 13.0. The van der Waals surface area contributed by atoms with Gasteiger partial charge >= 0.3 is 12.2 Å². The van der Waals surface area contributed by atoms with Gasteiger partial charge < -0.3 is 33.3 Å². The number of hydrogen-bond donors (Lipinski definition) is 1. The number of ether oxygens (including phenoxy) is 6. The second-order valence-corrected chi connectivity index (χ2v) is 15.1. The van der Waals surface area contributed by atoms with Crippen LogP contribution in [-0.2, 0) is 46.9 Å². The minimum Gasteiger partial charge on any atom is -0.463 e. The topological polar surface area (TPSA) is 139 Å². The molecule has 3 aromatic carbocycles. The summed E-state index contributed by atoms with van der Waals surface area (Å²) < 4.78 is 61.9. The van der Waals surface area contributed by atoms with Gasteiger partial charge in [-0.05, 0) is 66.6 Å². The van der Waals surface area contributed by atoms with E-state index >= 15 is 0 Å². The largest absolute Gasteiger partial charge is 0.463 e. The Morgan fingerprint density at radius 3 is 2.59 bits per heavy atom. The van der Waals surface area contributed by atoms with E-state index in [4.69, 9.17) is 28.4 Å². The van der Waals surface area contributed by atoms with E-state index in [2.05, 4.69) is 0 Å². The molecule has 2 fully saturated rings. The zero-order valence-corrected chi connectivity index (χ0v) is 30.0. The van der Waals surface area contributed by atoms with Gasteiger partial charge in [-0.25, -0.2) is 22.7 Å². The van der Waals surface area contributed by atoms with Crippen molar-refractivity contribution in [2.45, 2.75) is 88.5 Å². The summed E-state index contributed by atoms with van der Waals surface area (Å²) in [6, 6.07) is 19.9. The van der Waals surface area contributed by atoms with Crippen LogP contribution in [0.2, 0.25) is 0 Å². The molecule has 1 atom stereocenters. The first kappa shape index (κ1) is 36.6. The van der Waals surface area contributed by atoms with Crippen molar-refractivity contribution in [1.29, 1.82) is 0 Å². The lowest BCUT2D eigenvalue weighted by Crippen LogP contribution is -2.35. The number of cyclic esters (lactones) is 1. The summed E-state index contributed by atoms with van der Waals surface area (Å²) in [5.74, 6) is 0.151. The fraction of sp³-hybridized carbons (Fsp3) is 0.474. The van der Waals surface area contributed by atoms with E-state index in [1.54, 1.807) is 23.1 Å². The smallest absolute Gasteiger partial charge is 0.421 e. The Morgan fingerprint density at radius 2 is 1.75 bits per heavy atom. The predicted octanol–water partition coefficient (Wildman–Crippen LogP) is 6.86. The highest BCUT2D eigenvalue weighted by Crippen LogP contribution is 2.35. The molecule has 6 rings (SSSR count). The molecule has 51 heavy (non-hydrogen) atoms. The van der Waals surface area contributed by atoms with Gasteiger partial charge in [0, 0.05) is 38.1 Å². The van der Waals surface area contributed by atoms with Crippen molar-refractivity contribution in [3.63, 3.8) is 0 Å². The number of fused-ring (bicyclic) bond motifs is 1. The lowest BCUT2D eigenvalue weighted by Gasteiger charge is -2.32. The molecule has 12 nitrogen and oxygen atoms in total. The minimum absolute atomic E-state index is 0.00555. The van der Waals surface area contributed by atoms with Gasteiger partial charge in [0.25, 0.3) is 10.0 Å². The summed E-state index contributed by atoms with van der Waals surface area (Å²) >= 11 is 0. The van der Waals surface area contributed by atoms with Crippen LogP contribution in [-0.4, -0.2) is 70.3 Å². The number of nitrogens with one attached hydrogen (secondary N) is 1. The average molecular weight is 723 g/mol. The fourth-order valence-corrected chi connectivity index (χ4v) is 7.10. The minimum atomic E-state index is -4.13. The maximum Gasteiger partial charge on any atom is 0.421 e. The maximum absolute atomic E-state index is 13.0. The first-order valence-corrected chi connectivity index (χ1v) is 19.0. The number of rotatable bonds is 17. The van der Waals surface area contributed by atoms with Crippen molar-refractivity contribution in [1.82, 2.24) is 9.62 Å². The number of amides is 2. The van der Waals surface area contributed by atoms with Crippen LogP contribution in [0.1, 0.15) is 75.2 Å². The van der Waals surface area contributed by atoms with E-state index in [-0.39, 0.29) is 23.2 Å². The number of carbonyl (C=O) groups excluding carboxylic acids is 2. The first-order valence-electron chi connectivity index (χ1n) is 17.5. The van der Waals surface area contributed by atoms with Gasteiger partial charge in [0.2, 0.25) is 5.79 Å². The second kappa shape index (κ2) is 16.4. The highest BCUT2D eigenvalue weighted by molar-refractivity contribution is 7.90. The fourth-order valence-electron chi connectivity index (χ4n) is 5.99. The Kier molecular flexibility index (Phi) is 11.8. The van der Waals surface area contributed by atoms with Gasteiger partial charge in [-0.15, -0.1) is 0 Å². The summed E-state index contributed by atoms with van der Waals surface area (Å²) in [4.78, 5) is 26.3. The van der Waals surface area contributed by atoms with Gasteiger partial charge in [-0.2, -0.15) is 0 Å². The summed E-state index contributed by atoms with van der Waals surface area (Å²) in [5.41, 5.74) is 3.95. The van der Waals surface area contributed by atoms with Crippen molar-refractivity contribution in [3.05, 3.63) is 83.4 Å². The molecule has 1 saturated heterocycles. The quantitative estimate of drug-likeness (QED) is 0.147. The van der Waals surface area contributed by atoms with Gasteiger partial charge in [0.1, 0.15) is 18.0 Å². The van der Waals surface area contributed by atoms with Crippen LogP contribution in [0.4, 0.5) is 9.59 Å². The predicted molar refractivity (Wildman–Crippen MR) is 187 cm³/mol. The summed E-state index contributed by atoms with van der Waals surface area (Å²) in [6.07, 6.45) is 3.54. The van der Waals surface area contributed by atoms with Crippen LogP contribution in [0.3, 0.4) is 0 Å². The number of hydrogen-bond acceptors (Lipinski definition) is 10. The normalized spacial score (nSPS) is 18.1. The number of sulfonamides is 1. The number of carbonyl (C=O) groups is 2. The van der Waals surface area contributed by atoms with Crippen molar-refractivity contribution >= 4 is 22.2 Å². The van der Waals surface area contributed by atoms with Crippen molar-refractivity contribution in [3.8, 4) is 16.9 Å². The summed E-state index contributed by atoms with van der Waals surface area (Å²) in [7, 11) is -4.13. The molecule has 2 aliphatic heterocycles. The third-order valence-electron chi connectivity index (χ3n) is 8.81. The average Bonchev–Trinajstić information content (AvgIpc) is 3.84.